The zero-order chi connectivity index (χ0) is 7.49. The van der Waals surface area contributed by atoms with Crippen molar-refractivity contribution in [2.75, 3.05) is 6.26 Å². The third-order valence-corrected chi connectivity index (χ3v) is 1.41. The minimum atomic E-state index is -3.30. The van der Waals surface area contributed by atoms with E-state index in [1.165, 1.54) is 0 Å². The summed E-state index contributed by atoms with van der Waals surface area (Å²) in [5.41, 5.74) is 0. The Hall–Kier alpha value is -0.130. The van der Waals surface area contributed by atoms with Crippen LogP contribution in [0, 0.1) is 0 Å². The van der Waals surface area contributed by atoms with Crippen LogP contribution in [-0.2, 0) is 15.1 Å². The van der Waals surface area contributed by atoms with Crippen LogP contribution in [0.5, 0.6) is 0 Å². The highest BCUT2D eigenvalue weighted by molar-refractivity contribution is 7.88. The van der Waals surface area contributed by atoms with Crippen LogP contribution in [0.4, 0.5) is 0 Å². The molecule has 5 heteroatoms. The Morgan fingerprint density at radius 3 is 2.11 bits per heavy atom. The van der Waals surface area contributed by atoms with Crippen molar-refractivity contribution in [1.82, 2.24) is 4.72 Å². The molecule has 0 spiro atoms. The molecule has 0 bridgehead atoms. The van der Waals surface area contributed by atoms with Crippen LogP contribution in [0.2, 0.25) is 0 Å². The fourth-order valence-corrected chi connectivity index (χ4v) is 0.966. The van der Waals surface area contributed by atoms with Crippen LogP contribution in [0.25, 0.3) is 0 Å². The Morgan fingerprint density at radius 1 is 1.56 bits per heavy atom. The van der Waals surface area contributed by atoms with Crippen LogP contribution in [0.15, 0.2) is 0 Å². The molecule has 55 valence electrons. The Labute approximate surface area is 54.9 Å². The highest BCUT2D eigenvalue weighted by Crippen LogP contribution is 1.86. The molecule has 0 aliphatic carbocycles. The predicted molar refractivity (Wildman–Crippen MR) is 32.7 cm³/mol. The maximum atomic E-state index is 10.4. The first-order valence-electron chi connectivity index (χ1n) is 2.59. The maximum Gasteiger partial charge on any atom is 0.210 e. The van der Waals surface area contributed by atoms with E-state index < -0.39 is 16.3 Å². The van der Waals surface area contributed by atoms with Gasteiger partial charge in [0.25, 0.3) is 0 Å². The second-order valence-electron chi connectivity index (χ2n) is 1.79. The molecule has 0 heterocycles. The first kappa shape index (κ1) is 8.87. The molecule has 1 atom stereocenters. The summed E-state index contributed by atoms with van der Waals surface area (Å²) < 4.78 is 22.5. The van der Waals surface area contributed by atoms with E-state index in [0.29, 0.717) is 0 Å². The van der Waals surface area contributed by atoms with Gasteiger partial charge in [0.05, 0.1) is 6.26 Å². The van der Waals surface area contributed by atoms with E-state index in [-0.39, 0.29) is 6.42 Å². The molecule has 0 saturated heterocycles. The van der Waals surface area contributed by atoms with Crippen molar-refractivity contribution in [3.8, 4) is 0 Å². The number of sulfonamides is 1. The summed E-state index contributed by atoms with van der Waals surface area (Å²) in [4.78, 5) is 0. The third kappa shape index (κ3) is 5.75. The number of rotatable bonds is 3. The molecule has 0 rings (SSSR count). The molecule has 9 heavy (non-hydrogen) atoms. The monoisotopic (exact) mass is 152 g/mol. The summed E-state index contributed by atoms with van der Waals surface area (Å²) in [5.74, 6) is 0. The van der Waals surface area contributed by atoms with Crippen molar-refractivity contribution >= 4 is 10.0 Å². The minimum Gasteiger partial charge on any atom is -0.215 e. The molecule has 0 aromatic rings. The molecule has 1 N–H and O–H groups in total. The Kier molecular flexibility index (Phi) is 3.10. The van der Waals surface area contributed by atoms with Crippen LogP contribution in [0.1, 0.15) is 13.3 Å². The van der Waals surface area contributed by atoms with E-state index in [9.17, 15) is 13.5 Å². The van der Waals surface area contributed by atoms with E-state index >= 15 is 0 Å². The standard InChI is InChI=1S/C4H10NO3S/c1-3-4(6)5-9(2,7)8/h4-5H,3H2,1-2H3. The fourth-order valence-electron chi connectivity index (χ4n) is 0.322. The van der Waals surface area contributed by atoms with Gasteiger partial charge >= 0.3 is 0 Å². The van der Waals surface area contributed by atoms with Gasteiger partial charge in [-0.1, -0.05) is 6.92 Å². The summed E-state index contributed by atoms with van der Waals surface area (Å²) in [6, 6.07) is 0. The molecule has 0 aliphatic heterocycles. The maximum absolute atomic E-state index is 10.4. The molecule has 0 saturated carbocycles. The first-order chi connectivity index (χ1) is 3.95. The van der Waals surface area contributed by atoms with Crippen LogP contribution in [-0.4, -0.2) is 20.9 Å². The van der Waals surface area contributed by atoms with E-state index in [1.54, 1.807) is 6.92 Å². The minimum absolute atomic E-state index is 0.271. The molecule has 0 amide bonds. The molecule has 0 aromatic carbocycles. The SMILES string of the molecule is CCC([O])NS(C)(=O)=O. The molecule has 0 aromatic heterocycles. The van der Waals surface area contributed by atoms with Crippen LogP contribution < -0.4 is 4.72 Å². The summed E-state index contributed by atoms with van der Waals surface area (Å²) in [6.45, 7) is 1.62. The normalized spacial score (nSPS) is 15.4. The molecule has 1 radical (unpaired) electrons. The van der Waals surface area contributed by atoms with E-state index in [1.807, 2.05) is 4.72 Å². The van der Waals surface area contributed by atoms with Crippen molar-refractivity contribution in [3.05, 3.63) is 0 Å². The predicted octanol–water partition coefficient (Wildman–Crippen LogP) is -0.298. The van der Waals surface area contributed by atoms with E-state index in [0.717, 1.165) is 6.26 Å². The molecular weight excluding hydrogens is 142 g/mol. The average Bonchev–Trinajstić information content (AvgIpc) is 1.62. The highest BCUT2D eigenvalue weighted by atomic mass is 32.2. The van der Waals surface area contributed by atoms with Crippen molar-refractivity contribution in [2.24, 2.45) is 0 Å². The number of nitrogens with one attached hydrogen (secondary N) is 1. The zero-order valence-corrected chi connectivity index (χ0v) is 6.23. The lowest BCUT2D eigenvalue weighted by Crippen LogP contribution is -2.31. The lowest BCUT2D eigenvalue weighted by atomic mass is 10.5. The average molecular weight is 152 g/mol. The summed E-state index contributed by atoms with van der Waals surface area (Å²) >= 11 is 0. The second kappa shape index (κ2) is 3.14. The third-order valence-electron chi connectivity index (χ3n) is 0.716. The topological polar surface area (TPSA) is 66.1 Å². The molecule has 0 aliphatic rings. The summed E-state index contributed by atoms with van der Waals surface area (Å²) in [6.07, 6.45) is 0.0423. The van der Waals surface area contributed by atoms with Gasteiger partial charge in [0.1, 0.15) is 0 Å². The first-order valence-corrected chi connectivity index (χ1v) is 4.48. The number of hydrogen-bond acceptors (Lipinski definition) is 2. The summed E-state index contributed by atoms with van der Waals surface area (Å²) in [5, 5.41) is 10.4. The molecule has 0 fully saturated rings. The lowest BCUT2D eigenvalue weighted by molar-refractivity contribution is 0.0766. The van der Waals surface area contributed by atoms with Crippen molar-refractivity contribution in [2.45, 2.75) is 19.6 Å². The smallest absolute Gasteiger partial charge is 0.210 e. The molecular formula is C4H10NO3S. The zero-order valence-electron chi connectivity index (χ0n) is 5.42. The Morgan fingerprint density at radius 2 is 2.00 bits per heavy atom. The molecule has 4 nitrogen and oxygen atoms in total. The van der Waals surface area contributed by atoms with Gasteiger partial charge in [-0.25, -0.2) is 13.5 Å². The van der Waals surface area contributed by atoms with E-state index in [4.69, 9.17) is 0 Å². The van der Waals surface area contributed by atoms with Gasteiger partial charge in [-0.15, -0.1) is 0 Å². The Bertz CT molecular complexity index is 163. The Balaban J connectivity index is 3.75. The van der Waals surface area contributed by atoms with Crippen LogP contribution in [0.3, 0.4) is 0 Å². The van der Waals surface area contributed by atoms with Crippen molar-refractivity contribution < 1.29 is 13.5 Å². The largest absolute Gasteiger partial charge is 0.215 e. The van der Waals surface area contributed by atoms with Crippen molar-refractivity contribution in [3.63, 3.8) is 0 Å². The van der Waals surface area contributed by atoms with Crippen molar-refractivity contribution in [1.29, 1.82) is 0 Å². The highest BCUT2D eigenvalue weighted by Gasteiger charge is 2.07. The fraction of sp³-hybridized carbons (Fsp3) is 1.00. The van der Waals surface area contributed by atoms with Gasteiger partial charge < -0.3 is 0 Å². The van der Waals surface area contributed by atoms with Gasteiger partial charge in [-0.3, -0.25) is 0 Å². The summed E-state index contributed by atoms with van der Waals surface area (Å²) in [7, 11) is -3.30. The quantitative estimate of drug-likeness (QED) is 0.564. The van der Waals surface area contributed by atoms with Gasteiger partial charge in [-0.05, 0) is 6.42 Å². The van der Waals surface area contributed by atoms with E-state index in [2.05, 4.69) is 0 Å². The lowest BCUT2D eigenvalue weighted by Gasteiger charge is -2.03. The van der Waals surface area contributed by atoms with Gasteiger partial charge in [0.15, 0.2) is 6.23 Å². The van der Waals surface area contributed by atoms with Gasteiger partial charge in [0.2, 0.25) is 10.0 Å². The second-order valence-corrected chi connectivity index (χ2v) is 3.57. The number of hydrogen-bond donors (Lipinski definition) is 1. The van der Waals surface area contributed by atoms with Gasteiger partial charge in [-0.2, -0.15) is 4.72 Å². The van der Waals surface area contributed by atoms with Crippen LogP contribution >= 0.6 is 0 Å². The molecule has 1 unspecified atom stereocenters. The van der Waals surface area contributed by atoms with Gasteiger partial charge in [0, 0.05) is 0 Å².